The maximum Gasteiger partial charge on any atom is 0.250 e. The summed E-state index contributed by atoms with van der Waals surface area (Å²) in [4.78, 5) is 25.8. The fourth-order valence-corrected chi connectivity index (χ4v) is 6.92. The Morgan fingerprint density at radius 2 is 1.82 bits per heavy atom. The van der Waals surface area contributed by atoms with Gasteiger partial charge in [-0.05, 0) is 59.4 Å². The zero-order valence-electron chi connectivity index (χ0n) is 22.2. The molecule has 4 atom stereocenters. The minimum Gasteiger partial charge on any atom is -0.383 e. The fraction of sp³-hybridized carbons (Fsp3) is 0.333. The molecule has 1 spiro atoms. The molecule has 3 aromatic carbocycles. The van der Waals surface area contributed by atoms with Crippen LogP contribution in [0.3, 0.4) is 0 Å². The molecular formula is C30H30Cl3FN4O2. The van der Waals surface area contributed by atoms with Crippen LogP contribution in [0.2, 0.25) is 15.1 Å². The van der Waals surface area contributed by atoms with Crippen LogP contribution in [0.25, 0.3) is 0 Å². The van der Waals surface area contributed by atoms with Crippen molar-refractivity contribution in [3.8, 4) is 0 Å². The van der Waals surface area contributed by atoms with E-state index in [4.69, 9.17) is 40.5 Å². The van der Waals surface area contributed by atoms with Crippen molar-refractivity contribution < 1.29 is 14.0 Å². The second-order valence-corrected chi connectivity index (χ2v) is 12.9. The molecule has 40 heavy (non-hydrogen) atoms. The van der Waals surface area contributed by atoms with E-state index in [1.165, 1.54) is 6.07 Å². The van der Waals surface area contributed by atoms with Gasteiger partial charge in [-0.15, -0.1) is 0 Å². The van der Waals surface area contributed by atoms with E-state index in [0.29, 0.717) is 34.9 Å². The van der Waals surface area contributed by atoms with E-state index in [0.717, 1.165) is 5.56 Å². The molecule has 2 aliphatic rings. The number of primary amides is 1. The molecular weight excluding hydrogens is 574 g/mol. The Morgan fingerprint density at radius 1 is 1.07 bits per heavy atom. The van der Waals surface area contributed by atoms with Gasteiger partial charge < -0.3 is 21.7 Å². The van der Waals surface area contributed by atoms with Gasteiger partial charge in [-0.2, -0.15) is 0 Å². The Hall–Kier alpha value is -2.84. The Morgan fingerprint density at radius 3 is 2.50 bits per heavy atom. The zero-order chi connectivity index (χ0) is 29.0. The van der Waals surface area contributed by atoms with Crippen LogP contribution in [0.5, 0.6) is 0 Å². The number of fused-ring (bicyclic) bond motifs is 2. The predicted molar refractivity (Wildman–Crippen MR) is 159 cm³/mol. The highest BCUT2D eigenvalue weighted by molar-refractivity contribution is 6.34. The van der Waals surface area contributed by atoms with Crippen LogP contribution in [0.4, 0.5) is 15.8 Å². The third-order valence-corrected chi connectivity index (χ3v) is 8.64. The molecule has 0 bridgehead atoms. The highest BCUT2D eigenvalue weighted by atomic mass is 35.5. The lowest BCUT2D eigenvalue weighted by atomic mass is 9.62. The summed E-state index contributed by atoms with van der Waals surface area (Å²) in [6.07, 6.45) is 0.636. The predicted octanol–water partition coefficient (Wildman–Crippen LogP) is 6.75. The van der Waals surface area contributed by atoms with E-state index < -0.39 is 29.1 Å². The molecule has 1 saturated heterocycles. The lowest BCUT2D eigenvalue weighted by Crippen LogP contribution is -2.49. The van der Waals surface area contributed by atoms with Gasteiger partial charge in [-0.1, -0.05) is 73.8 Å². The summed E-state index contributed by atoms with van der Waals surface area (Å²) in [5.41, 5.74) is 6.70. The van der Waals surface area contributed by atoms with Gasteiger partial charge in [0.2, 0.25) is 11.8 Å². The largest absolute Gasteiger partial charge is 0.383 e. The van der Waals surface area contributed by atoms with Crippen LogP contribution in [-0.2, 0) is 10.2 Å². The quantitative estimate of drug-likeness (QED) is 0.251. The molecule has 0 aliphatic carbocycles. The Kier molecular flexibility index (Phi) is 7.55. The minimum atomic E-state index is -1.14. The topological polar surface area (TPSA) is 96.2 Å². The lowest BCUT2D eigenvalue weighted by molar-refractivity contribution is -0.122. The van der Waals surface area contributed by atoms with Gasteiger partial charge in [0.25, 0.3) is 0 Å². The molecule has 5 rings (SSSR count). The Balaban J connectivity index is 1.65. The van der Waals surface area contributed by atoms with Crippen molar-refractivity contribution >= 4 is 58.0 Å². The van der Waals surface area contributed by atoms with Crippen molar-refractivity contribution in [3.63, 3.8) is 0 Å². The van der Waals surface area contributed by atoms with Gasteiger partial charge in [0, 0.05) is 40.9 Å². The molecule has 0 aromatic heterocycles. The van der Waals surface area contributed by atoms with Crippen molar-refractivity contribution in [2.45, 2.75) is 50.6 Å². The number of halogens is 4. The van der Waals surface area contributed by atoms with Gasteiger partial charge >= 0.3 is 0 Å². The number of amides is 2. The van der Waals surface area contributed by atoms with E-state index >= 15 is 4.39 Å². The van der Waals surface area contributed by atoms with Gasteiger partial charge in [0.1, 0.15) is 11.2 Å². The number of carbonyl (C=O) groups is 2. The van der Waals surface area contributed by atoms with Crippen molar-refractivity contribution in [1.29, 1.82) is 0 Å². The molecule has 3 aromatic rings. The first-order valence-corrected chi connectivity index (χ1v) is 14.1. The van der Waals surface area contributed by atoms with Crippen LogP contribution < -0.4 is 21.7 Å². The average molecular weight is 604 g/mol. The van der Waals surface area contributed by atoms with E-state index in [1.54, 1.807) is 42.5 Å². The van der Waals surface area contributed by atoms with Gasteiger partial charge in [0.05, 0.1) is 15.6 Å². The highest BCUT2D eigenvalue weighted by Crippen LogP contribution is 2.57. The van der Waals surface area contributed by atoms with E-state index in [2.05, 4.69) is 36.7 Å². The molecule has 210 valence electrons. The highest BCUT2D eigenvalue weighted by Gasteiger charge is 2.64. The summed E-state index contributed by atoms with van der Waals surface area (Å²) in [6.45, 7) is 6.66. The number of hydrogen-bond acceptors (Lipinski definition) is 4. The molecule has 2 heterocycles. The summed E-state index contributed by atoms with van der Waals surface area (Å²) in [7, 11) is 0. The van der Waals surface area contributed by atoms with Crippen molar-refractivity contribution in [1.82, 2.24) is 5.32 Å². The molecule has 1 unspecified atom stereocenters. The molecule has 2 amide bonds. The van der Waals surface area contributed by atoms with E-state index in [9.17, 15) is 9.59 Å². The van der Waals surface area contributed by atoms with E-state index in [-0.39, 0.29) is 33.0 Å². The summed E-state index contributed by atoms with van der Waals surface area (Å²) in [5, 5.41) is 10.8. The SMILES string of the molecule is CC(C)(C)C[C@@H]1NC(CNc2ccc(C(N)=O)c(Cl)c2)[C@H](c2cccc(Cl)c2F)[C@]12C(=O)Nc1cc(Cl)ccc12. The Bertz CT molecular complexity index is 1510. The van der Waals surface area contributed by atoms with Gasteiger partial charge in [-0.25, -0.2) is 4.39 Å². The first-order valence-electron chi connectivity index (χ1n) is 13.0. The summed E-state index contributed by atoms with van der Waals surface area (Å²) in [5.74, 6) is -2.02. The third kappa shape index (κ3) is 4.94. The van der Waals surface area contributed by atoms with Crippen molar-refractivity contribution in [2.24, 2.45) is 11.1 Å². The smallest absolute Gasteiger partial charge is 0.250 e. The number of hydrogen-bond donors (Lipinski definition) is 4. The number of anilines is 2. The minimum absolute atomic E-state index is 0.0119. The van der Waals surface area contributed by atoms with Crippen LogP contribution in [-0.4, -0.2) is 30.4 Å². The van der Waals surface area contributed by atoms with Crippen molar-refractivity contribution in [3.05, 3.63) is 92.2 Å². The molecule has 2 aliphatic heterocycles. The van der Waals surface area contributed by atoms with Crippen molar-refractivity contribution in [2.75, 3.05) is 17.2 Å². The maximum atomic E-state index is 15.8. The molecule has 5 N–H and O–H groups in total. The number of nitrogens with two attached hydrogens (primary N) is 1. The lowest BCUT2D eigenvalue weighted by Gasteiger charge is -2.38. The van der Waals surface area contributed by atoms with Crippen LogP contribution >= 0.6 is 34.8 Å². The Labute approximate surface area is 247 Å². The molecule has 6 nitrogen and oxygen atoms in total. The first-order chi connectivity index (χ1) is 18.8. The zero-order valence-corrected chi connectivity index (χ0v) is 24.5. The summed E-state index contributed by atoms with van der Waals surface area (Å²) < 4.78 is 15.8. The molecule has 10 heteroatoms. The monoisotopic (exact) mass is 602 g/mol. The normalized spacial score (nSPS) is 23.8. The second-order valence-electron chi connectivity index (χ2n) is 11.7. The summed E-state index contributed by atoms with van der Waals surface area (Å²) in [6, 6.07) is 14.4. The van der Waals surface area contributed by atoms with Crippen LogP contribution in [0.15, 0.2) is 54.6 Å². The van der Waals surface area contributed by atoms with Crippen LogP contribution in [0, 0.1) is 11.2 Å². The number of nitrogens with one attached hydrogen (secondary N) is 3. The average Bonchev–Trinajstić information content (AvgIpc) is 3.32. The second kappa shape index (κ2) is 10.5. The van der Waals surface area contributed by atoms with Crippen LogP contribution in [0.1, 0.15) is 54.6 Å². The van der Waals surface area contributed by atoms with Gasteiger partial charge in [-0.3, -0.25) is 9.59 Å². The number of rotatable bonds is 6. The fourth-order valence-electron chi connectivity index (χ4n) is 6.29. The third-order valence-electron chi connectivity index (χ3n) is 7.80. The molecule has 0 saturated carbocycles. The first kappa shape index (κ1) is 28.7. The molecule has 0 radical (unpaired) electrons. The maximum absolute atomic E-state index is 15.8. The summed E-state index contributed by atoms with van der Waals surface area (Å²) >= 11 is 18.9. The molecule has 1 fully saturated rings. The number of carbonyl (C=O) groups excluding carboxylic acids is 2. The van der Waals surface area contributed by atoms with E-state index in [1.807, 2.05) is 6.07 Å². The van der Waals surface area contributed by atoms with Gasteiger partial charge in [0.15, 0.2) is 0 Å². The standard InChI is InChI=1S/C30H30Cl3FN4O2/c1-29(2,3)13-24-30(19-10-7-15(31)11-22(19)38-28(30)40)25(18-5-4-6-20(32)26(18)34)23(37-24)14-36-16-8-9-17(27(35)39)21(33)12-16/h4-12,23-25,36-37H,13-14H2,1-3H3,(H2,35,39)(H,38,40)/t23?,24-,25-,30+/m0/s1. The number of benzene rings is 3.